The molecule has 0 amide bonds. The monoisotopic (exact) mass is 293 g/mol. The van der Waals surface area contributed by atoms with Crippen LogP contribution in [0.5, 0.6) is 5.75 Å². The highest BCUT2D eigenvalue weighted by molar-refractivity contribution is 6.33. The minimum absolute atomic E-state index is 0.205. The lowest BCUT2D eigenvalue weighted by Gasteiger charge is -2.19. The van der Waals surface area contributed by atoms with Gasteiger partial charge in [0.25, 0.3) is 0 Å². The first-order valence-corrected chi connectivity index (χ1v) is 7.13. The number of benzene rings is 1. The SMILES string of the molecule is C[NH+](C)Cc1c([O-])c(Cl)cc2c3c(c(=O)oc12)CCC3. The lowest BCUT2D eigenvalue weighted by Crippen LogP contribution is -3.04. The van der Waals surface area contributed by atoms with Crippen LogP contribution in [-0.2, 0) is 19.4 Å². The lowest BCUT2D eigenvalue weighted by atomic mass is 10.0. The molecule has 106 valence electrons. The number of hydrogen-bond acceptors (Lipinski definition) is 3. The molecule has 0 bridgehead atoms. The lowest BCUT2D eigenvalue weighted by molar-refractivity contribution is -0.872. The molecular weight excluding hydrogens is 278 g/mol. The van der Waals surface area contributed by atoms with Crippen LogP contribution < -0.4 is 15.6 Å². The van der Waals surface area contributed by atoms with Crippen molar-refractivity contribution < 1.29 is 14.4 Å². The molecule has 1 N–H and O–H groups in total. The summed E-state index contributed by atoms with van der Waals surface area (Å²) in [5.74, 6) is -0.235. The molecule has 1 heterocycles. The maximum Gasteiger partial charge on any atom is 0.339 e. The molecule has 1 aromatic carbocycles. The maximum atomic E-state index is 12.2. The van der Waals surface area contributed by atoms with Gasteiger partial charge in [-0.1, -0.05) is 17.4 Å². The Balaban J connectivity index is 2.40. The van der Waals surface area contributed by atoms with Crippen molar-refractivity contribution in [3.63, 3.8) is 0 Å². The summed E-state index contributed by atoms with van der Waals surface area (Å²) in [6, 6.07) is 1.65. The fourth-order valence-corrected chi connectivity index (χ4v) is 3.17. The Hall–Kier alpha value is -1.52. The first-order chi connectivity index (χ1) is 9.49. The second-order valence-electron chi connectivity index (χ2n) is 5.63. The molecule has 5 heteroatoms. The third-order valence-electron chi connectivity index (χ3n) is 3.80. The predicted octanol–water partition coefficient (Wildman–Crippen LogP) is 0.653. The van der Waals surface area contributed by atoms with Crippen LogP contribution in [-0.4, -0.2) is 14.1 Å². The van der Waals surface area contributed by atoms with Crippen molar-refractivity contribution in [2.75, 3.05) is 14.1 Å². The summed E-state index contributed by atoms with van der Waals surface area (Å²) >= 11 is 6.08. The molecule has 0 atom stereocenters. The number of quaternary nitrogens is 1. The van der Waals surface area contributed by atoms with Gasteiger partial charge in [-0.25, -0.2) is 4.79 Å². The van der Waals surface area contributed by atoms with Crippen LogP contribution in [0.1, 0.15) is 23.1 Å². The van der Waals surface area contributed by atoms with Gasteiger partial charge < -0.3 is 14.4 Å². The Morgan fingerprint density at radius 2 is 2.05 bits per heavy atom. The predicted molar refractivity (Wildman–Crippen MR) is 75.5 cm³/mol. The molecule has 4 nitrogen and oxygen atoms in total. The molecule has 0 saturated carbocycles. The number of rotatable bonds is 2. The van der Waals surface area contributed by atoms with Gasteiger partial charge in [-0.05, 0) is 30.9 Å². The van der Waals surface area contributed by atoms with Gasteiger partial charge in [-0.15, -0.1) is 0 Å². The van der Waals surface area contributed by atoms with E-state index in [-0.39, 0.29) is 16.4 Å². The van der Waals surface area contributed by atoms with E-state index in [1.54, 1.807) is 6.07 Å². The number of nitrogens with one attached hydrogen (secondary N) is 1. The highest BCUT2D eigenvalue weighted by atomic mass is 35.5. The molecule has 2 aromatic rings. The van der Waals surface area contributed by atoms with E-state index in [9.17, 15) is 9.90 Å². The van der Waals surface area contributed by atoms with Gasteiger partial charge in [-0.2, -0.15) is 0 Å². The number of fused-ring (bicyclic) bond motifs is 3. The zero-order valence-electron chi connectivity index (χ0n) is 11.5. The van der Waals surface area contributed by atoms with Crippen molar-refractivity contribution in [2.45, 2.75) is 25.8 Å². The normalized spacial score (nSPS) is 14.2. The van der Waals surface area contributed by atoms with E-state index in [0.717, 1.165) is 40.7 Å². The number of hydrogen-bond donors (Lipinski definition) is 1. The summed E-state index contributed by atoms with van der Waals surface area (Å²) in [5, 5.41) is 13.3. The standard InChI is InChI=1S/C15H16ClNO3/c1-17(2)7-11-13(18)12(16)6-10-8-4-3-5-9(8)15(19)20-14(10)11/h6,18H,3-5,7H2,1-2H3. The molecule has 1 aliphatic rings. The average molecular weight is 294 g/mol. The minimum Gasteiger partial charge on any atom is -0.871 e. The average Bonchev–Trinajstić information content (AvgIpc) is 2.86. The smallest absolute Gasteiger partial charge is 0.339 e. The summed E-state index contributed by atoms with van der Waals surface area (Å²) in [4.78, 5) is 13.1. The quantitative estimate of drug-likeness (QED) is 0.827. The van der Waals surface area contributed by atoms with E-state index in [1.807, 2.05) is 14.1 Å². The van der Waals surface area contributed by atoms with Gasteiger partial charge in [0.2, 0.25) is 0 Å². The second-order valence-corrected chi connectivity index (χ2v) is 6.03. The van der Waals surface area contributed by atoms with Gasteiger partial charge in [0.1, 0.15) is 12.1 Å². The largest absolute Gasteiger partial charge is 0.871 e. The fourth-order valence-electron chi connectivity index (χ4n) is 2.94. The summed E-state index contributed by atoms with van der Waals surface area (Å²) in [7, 11) is 3.88. The Morgan fingerprint density at radius 1 is 1.35 bits per heavy atom. The van der Waals surface area contributed by atoms with Crippen LogP contribution in [0.15, 0.2) is 15.3 Å². The maximum absolute atomic E-state index is 12.2. The van der Waals surface area contributed by atoms with Crippen molar-refractivity contribution in [1.82, 2.24) is 0 Å². The van der Waals surface area contributed by atoms with E-state index in [1.165, 1.54) is 0 Å². The molecule has 0 radical (unpaired) electrons. The highest BCUT2D eigenvalue weighted by Gasteiger charge is 2.22. The summed E-state index contributed by atoms with van der Waals surface area (Å²) in [5.41, 5.74) is 2.37. The van der Waals surface area contributed by atoms with Gasteiger partial charge in [0, 0.05) is 21.5 Å². The second kappa shape index (κ2) is 4.79. The summed E-state index contributed by atoms with van der Waals surface area (Å²) in [6.45, 7) is 0.484. The topological polar surface area (TPSA) is 57.7 Å². The van der Waals surface area contributed by atoms with E-state index in [0.29, 0.717) is 17.7 Å². The first-order valence-electron chi connectivity index (χ1n) is 6.75. The van der Waals surface area contributed by atoms with Crippen molar-refractivity contribution in [2.24, 2.45) is 0 Å². The van der Waals surface area contributed by atoms with Crippen LogP contribution in [0.2, 0.25) is 5.02 Å². The van der Waals surface area contributed by atoms with E-state index >= 15 is 0 Å². The molecule has 0 saturated heterocycles. The first kappa shape index (κ1) is 13.5. The van der Waals surface area contributed by atoms with Gasteiger partial charge in [0.05, 0.1) is 14.1 Å². The Bertz CT molecular complexity index is 749. The van der Waals surface area contributed by atoms with Crippen LogP contribution >= 0.6 is 11.6 Å². The van der Waals surface area contributed by atoms with Crippen molar-refractivity contribution >= 4 is 22.6 Å². The van der Waals surface area contributed by atoms with Crippen LogP contribution in [0.25, 0.3) is 11.0 Å². The molecule has 1 aromatic heterocycles. The van der Waals surface area contributed by atoms with Crippen molar-refractivity contribution in [3.05, 3.63) is 38.2 Å². The van der Waals surface area contributed by atoms with Gasteiger partial charge in [0.15, 0.2) is 0 Å². The Kier molecular flexibility index (Phi) is 3.22. The van der Waals surface area contributed by atoms with Gasteiger partial charge >= 0.3 is 5.63 Å². The van der Waals surface area contributed by atoms with E-state index in [2.05, 4.69) is 0 Å². The number of aryl methyl sites for hydroxylation is 1. The van der Waals surface area contributed by atoms with Crippen LogP contribution in [0.4, 0.5) is 0 Å². The van der Waals surface area contributed by atoms with Crippen molar-refractivity contribution in [1.29, 1.82) is 0 Å². The van der Waals surface area contributed by atoms with Gasteiger partial charge in [-0.3, -0.25) is 0 Å². The molecule has 3 rings (SSSR count). The van der Waals surface area contributed by atoms with Crippen molar-refractivity contribution in [3.8, 4) is 5.75 Å². The third kappa shape index (κ3) is 2.00. The Labute approximate surface area is 121 Å². The third-order valence-corrected chi connectivity index (χ3v) is 4.08. The summed E-state index contributed by atoms with van der Waals surface area (Å²) < 4.78 is 5.44. The molecule has 0 aliphatic heterocycles. The molecular formula is C15H16ClNO3. The highest BCUT2D eigenvalue weighted by Crippen LogP contribution is 2.36. The zero-order chi connectivity index (χ0) is 14.4. The minimum atomic E-state index is -0.304. The van der Waals surface area contributed by atoms with Crippen LogP contribution in [0, 0.1) is 0 Å². The van der Waals surface area contributed by atoms with Crippen LogP contribution in [0.3, 0.4) is 0 Å². The molecule has 0 fully saturated rings. The fraction of sp³-hybridized carbons (Fsp3) is 0.400. The molecule has 1 aliphatic carbocycles. The molecule has 20 heavy (non-hydrogen) atoms. The number of halogens is 1. The Morgan fingerprint density at radius 3 is 2.75 bits per heavy atom. The molecule has 0 spiro atoms. The molecule has 0 unspecified atom stereocenters. The van der Waals surface area contributed by atoms with E-state index in [4.69, 9.17) is 16.0 Å². The zero-order valence-corrected chi connectivity index (χ0v) is 12.3. The summed E-state index contributed by atoms with van der Waals surface area (Å²) in [6.07, 6.45) is 2.54. The van der Waals surface area contributed by atoms with E-state index < -0.39 is 0 Å².